The third-order valence-corrected chi connectivity index (χ3v) is 4.16. The number of halogens is 1. The van der Waals surface area contributed by atoms with Crippen LogP contribution in [-0.2, 0) is 10.2 Å². The molecule has 0 atom stereocenters. The van der Waals surface area contributed by atoms with Gasteiger partial charge in [0.1, 0.15) is 5.15 Å². The van der Waals surface area contributed by atoms with Crippen LogP contribution in [0.2, 0.25) is 5.15 Å². The summed E-state index contributed by atoms with van der Waals surface area (Å²) in [5.41, 5.74) is 0.522. The van der Waals surface area contributed by atoms with Crippen LogP contribution in [0.15, 0.2) is 24.5 Å². The van der Waals surface area contributed by atoms with Gasteiger partial charge in [0.2, 0.25) is 0 Å². The summed E-state index contributed by atoms with van der Waals surface area (Å²) in [6.07, 6.45) is 3.03. The molecule has 0 aliphatic rings. The van der Waals surface area contributed by atoms with Crippen LogP contribution in [0.4, 0.5) is 0 Å². The highest BCUT2D eigenvalue weighted by molar-refractivity contribution is 7.87. The summed E-state index contributed by atoms with van der Waals surface area (Å²) < 4.78 is 26.2. The number of nitrogens with zero attached hydrogens (tertiary/aromatic N) is 3. The van der Waals surface area contributed by atoms with E-state index in [1.165, 1.54) is 30.3 Å². The summed E-state index contributed by atoms with van der Waals surface area (Å²) in [5.74, 6) is 0. The van der Waals surface area contributed by atoms with Crippen LogP contribution in [0.25, 0.3) is 10.9 Å². The predicted molar refractivity (Wildman–Crippen MR) is 62.7 cm³/mol. The first-order valence-corrected chi connectivity index (χ1v) is 6.26. The van der Waals surface area contributed by atoms with Crippen molar-refractivity contribution in [2.45, 2.75) is 0 Å². The van der Waals surface area contributed by atoms with Gasteiger partial charge in [0, 0.05) is 37.9 Å². The Kier molecular flexibility index (Phi) is 2.65. The number of aromatic nitrogens is 2. The van der Waals surface area contributed by atoms with E-state index in [2.05, 4.69) is 4.98 Å². The Labute approximate surface area is 98.4 Å². The largest absolute Gasteiger partial charge is 0.307 e. The minimum Gasteiger partial charge on any atom is -0.244 e. The molecule has 0 N–H and O–H groups in total. The van der Waals surface area contributed by atoms with Crippen LogP contribution >= 0.6 is 11.6 Å². The molecule has 2 heterocycles. The zero-order valence-electron chi connectivity index (χ0n) is 8.75. The molecule has 5 nitrogen and oxygen atoms in total. The van der Waals surface area contributed by atoms with Gasteiger partial charge in [-0.15, -0.1) is 0 Å². The Morgan fingerprint density at radius 3 is 2.75 bits per heavy atom. The van der Waals surface area contributed by atoms with Crippen molar-refractivity contribution in [2.75, 3.05) is 14.1 Å². The van der Waals surface area contributed by atoms with Gasteiger partial charge in [-0.25, -0.2) is 8.96 Å². The van der Waals surface area contributed by atoms with E-state index in [1.54, 1.807) is 12.3 Å². The summed E-state index contributed by atoms with van der Waals surface area (Å²) in [5, 5.41) is 0.997. The lowest BCUT2D eigenvalue weighted by Gasteiger charge is -2.13. The Hall–Kier alpha value is -1.11. The van der Waals surface area contributed by atoms with Gasteiger partial charge >= 0.3 is 10.2 Å². The Balaban J connectivity index is 2.76. The van der Waals surface area contributed by atoms with Crippen molar-refractivity contribution >= 4 is 32.7 Å². The first-order chi connectivity index (χ1) is 7.43. The molecular formula is C9H10ClN3O2S. The molecule has 0 unspecified atom stereocenters. The standard InChI is InChI=1S/C9H10ClN3O2S/c1-12(2)16(14,15)13-4-3-7-6-11-9(10)5-8(7)13/h3-6H,1-2H3. The highest BCUT2D eigenvalue weighted by Crippen LogP contribution is 2.20. The van der Waals surface area contributed by atoms with E-state index in [0.717, 1.165) is 9.69 Å². The van der Waals surface area contributed by atoms with E-state index in [4.69, 9.17) is 11.6 Å². The average molecular weight is 260 g/mol. The maximum absolute atomic E-state index is 11.9. The molecule has 2 rings (SSSR count). The van der Waals surface area contributed by atoms with Gasteiger partial charge in [-0.3, -0.25) is 0 Å². The van der Waals surface area contributed by atoms with Crippen molar-refractivity contribution < 1.29 is 8.42 Å². The molecule has 2 aromatic rings. The molecule has 0 bridgehead atoms. The molecule has 0 fully saturated rings. The Morgan fingerprint density at radius 2 is 2.12 bits per heavy atom. The van der Waals surface area contributed by atoms with Crippen LogP contribution in [0.1, 0.15) is 0 Å². The topological polar surface area (TPSA) is 55.2 Å². The quantitative estimate of drug-likeness (QED) is 0.765. The summed E-state index contributed by atoms with van der Waals surface area (Å²) in [7, 11) is -0.561. The van der Waals surface area contributed by atoms with Crippen LogP contribution in [0.3, 0.4) is 0 Å². The van der Waals surface area contributed by atoms with Crippen molar-refractivity contribution in [3.05, 3.63) is 29.7 Å². The zero-order valence-corrected chi connectivity index (χ0v) is 10.3. The van der Waals surface area contributed by atoms with Crippen LogP contribution in [0.5, 0.6) is 0 Å². The van der Waals surface area contributed by atoms with Crippen LogP contribution in [-0.4, -0.2) is 35.8 Å². The monoisotopic (exact) mass is 259 g/mol. The molecule has 0 spiro atoms. The van der Waals surface area contributed by atoms with Gasteiger partial charge in [-0.2, -0.15) is 12.7 Å². The smallest absolute Gasteiger partial charge is 0.244 e. The number of hydrogen-bond acceptors (Lipinski definition) is 3. The second-order valence-corrected chi connectivity index (χ2v) is 5.87. The van der Waals surface area contributed by atoms with Gasteiger partial charge in [-0.1, -0.05) is 11.6 Å². The molecule has 16 heavy (non-hydrogen) atoms. The molecule has 0 aromatic carbocycles. The van der Waals surface area contributed by atoms with Crippen molar-refractivity contribution in [3.8, 4) is 0 Å². The van der Waals surface area contributed by atoms with Crippen molar-refractivity contribution in [2.24, 2.45) is 0 Å². The zero-order chi connectivity index (χ0) is 11.9. The molecule has 86 valence electrons. The van der Waals surface area contributed by atoms with Crippen molar-refractivity contribution in [3.63, 3.8) is 0 Å². The van der Waals surface area contributed by atoms with Crippen LogP contribution in [0, 0.1) is 0 Å². The van der Waals surface area contributed by atoms with E-state index in [1.807, 2.05) is 0 Å². The first kappa shape index (κ1) is 11.4. The van der Waals surface area contributed by atoms with E-state index in [0.29, 0.717) is 5.52 Å². The number of fused-ring (bicyclic) bond motifs is 1. The SMILES string of the molecule is CN(C)S(=O)(=O)n1ccc2cnc(Cl)cc21. The highest BCUT2D eigenvalue weighted by atomic mass is 35.5. The lowest BCUT2D eigenvalue weighted by atomic mass is 10.3. The maximum Gasteiger partial charge on any atom is 0.307 e. The molecule has 0 saturated carbocycles. The third-order valence-electron chi connectivity index (χ3n) is 2.22. The van der Waals surface area contributed by atoms with Gasteiger partial charge < -0.3 is 0 Å². The van der Waals surface area contributed by atoms with Crippen molar-refractivity contribution in [1.82, 2.24) is 13.3 Å². The Bertz CT molecular complexity index is 633. The summed E-state index contributed by atoms with van der Waals surface area (Å²) in [4.78, 5) is 3.89. The maximum atomic E-state index is 11.9. The van der Waals surface area contributed by atoms with E-state index in [9.17, 15) is 8.42 Å². The van der Waals surface area contributed by atoms with E-state index >= 15 is 0 Å². The molecule has 0 radical (unpaired) electrons. The fourth-order valence-corrected chi connectivity index (χ4v) is 2.48. The fourth-order valence-electron chi connectivity index (χ4n) is 1.36. The van der Waals surface area contributed by atoms with E-state index in [-0.39, 0.29) is 5.15 Å². The van der Waals surface area contributed by atoms with E-state index < -0.39 is 10.2 Å². The molecule has 0 amide bonds. The second-order valence-electron chi connectivity index (χ2n) is 3.47. The van der Waals surface area contributed by atoms with Crippen LogP contribution < -0.4 is 0 Å². The molecule has 2 aromatic heterocycles. The van der Waals surface area contributed by atoms with Gasteiger partial charge in [0.15, 0.2) is 0 Å². The fraction of sp³-hybridized carbons (Fsp3) is 0.222. The predicted octanol–water partition coefficient (Wildman–Crippen LogP) is 1.34. The number of hydrogen-bond donors (Lipinski definition) is 0. The normalized spacial score (nSPS) is 12.5. The second kappa shape index (κ2) is 3.73. The van der Waals surface area contributed by atoms with Gasteiger partial charge in [0.25, 0.3) is 0 Å². The molecule has 7 heteroatoms. The minimum absolute atomic E-state index is 0.265. The Morgan fingerprint density at radius 1 is 1.44 bits per heavy atom. The summed E-state index contributed by atoms with van der Waals surface area (Å²) in [6, 6.07) is 3.21. The van der Waals surface area contributed by atoms with Gasteiger partial charge in [0.05, 0.1) is 5.52 Å². The number of pyridine rings is 1. The molecular weight excluding hydrogens is 250 g/mol. The minimum atomic E-state index is -3.51. The molecule has 0 aliphatic heterocycles. The lowest BCUT2D eigenvalue weighted by molar-refractivity contribution is 0.512. The highest BCUT2D eigenvalue weighted by Gasteiger charge is 2.18. The average Bonchev–Trinajstić information content (AvgIpc) is 2.60. The first-order valence-electron chi connectivity index (χ1n) is 4.48. The summed E-state index contributed by atoms with van der Waals surface area (Å²) >= 11 is 5.74. The third kappa shape index (κ3) is 1.68. The molecule has 0 saturated heterocycles. The molecule has 0 aliphatic carbocycles. The lowest BCUT2D eigenvalue weighted by Crippen LogP contribution is -2.28. The number of rotatable bonds is 2. The van der Waals surface area contributed by atoms with Gasteiger partial charge in [-0.05, 0) is 6.07 Å². The summed E-state index contributed by atoms with van der Waals surface area (Å²) in [6.45, 7) is 0. The van der Waals surface area contributed by atoms with Crippen molar-refractivity contribution in [1.29, 1.82) is 0 Å².